The SMILES string of the molecule is [B]c1ccc2c(c1)C1(CN(CC(=O)Nc3ncc(C)cn3)C2=O)CC1(F)F. The van der Waals surface area contributed by atoms with Gasteiger partial charge in [0, 0.05) is 30.9 Å². The summed E-state index contributed by atoms with van der Waals surface area (Å²) in [5.74, 6) is -3.87. The molecular formula is C18H15BF2N4O2. The van der Waals surface area contributed by atoms with Crippen molar-refractivity contribution >= 4 is 31.1 Å². The molecule has 4 rings (SSSR count). The van der Waals surface area contributed by atoms with E-state index >= 15 is 0 Å². The van der Waals surface area contributed by atoms with Gasteiger partial charge in [0.25, 0.3) is 11.8 Å². The minimum absolute atomic E-state index is 0.0923. The molecule has 9 heteroatoms. The number of benzene rings is 1. The number of nitrogens with zero attached hydrogens (tertiary/aromatic N) is 3. The second-order valence-corrected chi connectivity index (χ2v) is 7.06. The van der Waals surface area contributed by atoms with Crippen LogP contribution in [0.3, 0.4) is 0 Å². The fourth-order valence-electron chi connectivity index (χ4n) is 3.52. The predicted octanol–water partition coefficient (Wildman–Crippen LogP) is 0.950. The fourth-order valence-corrected chi connectivity index (χ4v) is 3.52. The molecule has 1 aromatic heterocycles. The number of fused-ring (bicyclic) bond motifs is 2. The molecule has 1 aromatic carbocycles. The van der Waals surface area contributed by atoms with Crippen LogP contribution in [-0.2, 0) is 10.2 Å². The molecule has 1 spiro atoms. The average Bonchev–Trinajstić information content (AvgIpc) is 3.16. The average molecular weight is 368 g/mol. The van der Waals surface area contributed by atoms with E-state index in [1.54, 1.807) is 6.92 Å². The maximum atomic E-state index is 14.2. The number of carbonyl (C=O) groups excluding carboxylic acids is 2. The van der Waals surface area contributed by atoms with E-state index in [0.29, 0.717) is 5.46 Å². The van der Waals surface area contributed by atoms with Crippen molar-refractivity contribution in [2.45, 2.75) is 24.7 Å². The Morgan fingerprint density at radius 3 is 2.63 bits per heavy atom. The number of halogens is 2. The summed E-state index contributed by atoms with van der Waals surface area (Å²) in [7, 11) is 5.73. The molecule has 1 atom stereocenters. The van der Waals surface area contributed by atoms with Crippen molar-refractivity contribution in [3.63, 3.8) is 0 Å². The summed E-state index contributed by atoms with van der Waals surface area (Å²) in [5, 5.41) is 2.48. The molecule has 2 amide bonds. The van der Waals surface area contributed by atoms with Crippen LogP contribution in [-0.4, -0.2) is 53.5 Å². The van der Waals surface area contributed by atoms with Crippen LogP contribution >= 0.6 is 0 Å². The van der Waals surface area contributed by atoms with E-state index in [9.17, 15) is 18.4 Å². The molecular weight excluding hydrogens is 353 g/mol. The van der Waals surface area contributed by atoms with Gasteiger partial charge in [0.1, 0.15) is 14.4 Å². The lowest BCUT2D eigenvalue weighted by atomic mass is 9.81. The number of amides is 2. The third-order valence-corrected chi connectivity index (χ3v) is 5.00. The zero-order chi connectivity index (χ0) is 19.4. The molecule has 136 valence electrons. The van der Waals surface area contributed by atoms with Gasteiger partial charge >= 0.3 is 0 Å². The highest BCUT2D eigenvalue weighted by Gasteiger charge is 2.74. The van der Waals surface area contributed by atoms with E-state index < -0.39 is 23.2 Å². The number of hydrogen-bond donors (Lipinski definition) is 1. The van der Waals surface area contributed by atoms with Gasteiger partial charge in [-0.1, -0.05) is 17.6 Å². The fraction of sp³-hybridized carbons (Fsp3) is 0.333. The summed E-state index contributed by atoms with van der Waals surface area (Å²) < 4.78 is 28.4. The first-order chi connectivity index (χ1) is 12.7. The van der Waals surface area contributed by atoms with E-state index in [2.05, 4.69) is 15.3 Å². The van der Waals surface area contributed by atoms with E-state index in [0.717, 1.165) is 10.5 Å². The molecule has 0 saturated heterocycles. The van der Waals surface area contributed by atoms with Gasteiger partial charge < -0.3 is 4.90 Å². The van der Waals surface area contributed by atoms with Crippen molar-refractivity contribution < 1.29 is 18.4 Å². The third kappa shape index (κ3) is 2.87. The largest absolute Gasteiger partial charge is 0.328 e. The van der Waals surface area contributed by atoms with Crippen LogP contribution in [0.15, 0.2) is 30.6 Å². The Kier molecular flexibility index (Phi) is 3.80. The topological polar surface area (TPSA) is 75.2 Å². The lowest BCUT2D eigenvalue weighted by Crippen LogP contribution is -2.49. The number of hydrogen-bond acceptors (Lipinski definition) is 4. The van der Waals surface area contributed by atoms with Gasteiger partial charge in [-0.3, -0.25) is 14.9 Å². The Hall–Kier alpha value is -2.84. The Labute approximate surface area is 155 Å². The van der Waals surface area contributed by atoms with Crippen LogP contribution < -0.4 is 10.8 Å². The number of anilines is 1. The molecule has 1 aliphatic heterocycles. The van der Waals surface area contributed by atoms with Gasteiger partial charge in [0.15, 0.2) is 0 Å². The molecule has 2 radical (unpaired) electrons. The number of aromatic nitrogens is 2. The number of rotatable bonds is 3. The van der Waals surface area contributed by atoms with Crippen LogP contribution in [0.4, 0.5) is 14.7 Å². The first kappa shape index (κ1) is 17.6. The lowest BCUT2D eigenvalue weighted by Gasteiger charge is -2.34. The first-order valence-electron chi connectivity index (χ1n) is 8.37. The Bertz CT molecular complexity index is 951. The van der Waals surface area contributed by atoms with Gasteiger partial charge in [-0.25, -0.2) is 18.7 Å². The van der Waals surface area contributed by atoms with Crippen molar-refractivity contribution in [2.75, 3.05) is 18.4 Å². The molecule has 2 aliphatic rings. The maximum Gasteiger partial charge on any atom is 0.260 e. The van der Waals surface area contributed by atoms with E-state index in [1.807, 2.05) is 0 Å². The summed E-state index contributed by atoms with van der Waals surface area (Å²) in [6.07, 6.45) is 2.70. The predicted molar refractivity (Wildman–Crippen MR) is 94.4 cm³/mol. The maximum absolute atomic E-state index is 14.2. The molecule has 1 fully saturated rings. The first-order valence-corrected chi connectivity index (χ1v) is 8.37. The molecule has 6 nitrogen and oxygen atoms in total. The Balaban J connectivity index is 1.57. The van der Waals surface area contributed by atoms with Gasteiger partial charge in [0.05, 0.1) is 5.41 Å². The molecule has 1 aliphatic carbocycles. The minimum atomic E-state index is -2.94. The summed E-state index contributed by atoms with van der Waals surface area (Å²) in [6.45, 7) is 1.20. The highest BCUT2D eigenvalue weighted by molar-refractivity contribution is 6.32. The Morgan fingerprint density at radius 2 is 2.00 bits per heavy atom. The number of carbonyl (C=O) groups is 2. The number of alkyl halides is 2. The summed E-state index contributed by atoms with van der Waals surface area (Å²) in [4.78, 5) is 34.1. The monoisotopic (exact) mass is 368 g/mol. The molecule has 1 N–H and O–H groups in total. The van der Waals surface area contributed by atoms with E-state index in [4.69, 9.17) is 7.85 Å². The summed E-state index contributed by atoms with van der Waals surface area (Å²) >= 11 is 0. The Morgan fingerprint density at radius 1 is 1.33 bits per heavy atom. The van der Waals surface area contributed by atoms with Crippen molar-refractivity contribution in [3.8, 4) is 0 Å². The molecule has 1 saturated carbocycles. The summed E-state index contributed by atoms with van der Waals surface area (Å²) in [5.41, 5.74) is 0.0917. The lowest BCUT2D eigenvalue weighted by molar-refractivity contribution is -0.117. The van der Waals surface area contributed by atoms with Crippen molar-refractivity contribution in [1.82, 2.24) is 14.9 Å². The molecule has 2 heterocycles. The molecule has 1 unspecified atom stereocenters. The van der Waals surface area contributed by atoms with Crippen molar-refractivity contribution in [1.29, 1.82) is 0 Å². The van der Waals surface area contributed by atoms with Gasteiger partial charge in [-0.15, -0.1) is 0 Å². The summed E-state index contributed by atoms with van der Waals surface area (Å²) in [6, 6.07) is 4.37. The second-order valence-electron chi connectivity index (χ2n) is 7.06. The standard InChI is InChI=1S/C18H15BF2N4O2/c1-10-5-22-16(23-6-10)24-14(26)7-25-9-17(8-18(17,20)21)13-4-11(19)2-3-12(13)15(25)27/h2-6H,7-9H2,1H3,(H,22,23,24,26). The quantitative estimate of drug-likeness (QED) is 0.819. The zero-order valence-electron chi connectivity index (χ0n) is 14.5. The van der Waals surface area contributed by atoms with E-state index in [1.165, 1.54) is 30.6 Å². The van der Waals surface area contributed by atoms with Crippen LogP contribution in [0.5, 0.6) is 0 Å². The van der Waals surface area contributed by atoms with Crippen LogP contribution in [0.25, 0.3) is 0 Å². The van der Waals surface area contributed by atoms with Gasteiger partial charge in [-0.2, -0.15) is 0 Å². The number of nitrogens with one attached hydrogen (secondary N) is 1. The van der Waals surface area contributed by atoms with Crippen LogP contribution in [0.1, 0.15) is 27.9 Å². The third-order valence-electron chi connectivity index (χ3n) is 5.00. The van der Waals surface area contributed by atoms with Crippen LogP contribution in [0.2, 0.25) is 0 Å². The van der Waals surface area contributed by atoms with E-state index in [-0.39, 0.29) is 36.6 Å². The van der Waals surface area contributed by atoms with Crippen LogP contribution in [0, 0.1) is 6.92 Å². The smallest absolute Gasteiger partial charge is 0.260 e. The second kappa shape index (κ2) is 5.83. The normalized spacial score (nSPS) is 22.5. The minimum Gasteiger partial charge on any atom is -0.328 e. The van der Waals surface area contributed by atoms with Gasteiger partial charge in [-0.05, 0) is 24.1 Å². The van der Waals surface area contributed by atoms with Crippen molar-refractivity contribution in [2.24, 2.45) is 0 Å². The highest BCUT2D eigenvalue weighted by atomic mass is 19.3. The van der Waals surface area contributed by atoms with Gasteiger partial charge in [0.2, 0.25) is 11.9 Å². The molecule has 2 aromatic rings. The molecule has 27 heavy (non-hydrogen) atoms. The van der Waals surface area contributed by atoms with Crippen molar-refractivity contribution in [3.05, 3.63) is 47.3 Å². The highest BCUT2D eigenvalue weighted by Crippen LogP contribution is 2.63. The molecule has 0 bridgehead atoms. The zero-order valence-corrected chi connectivity index (χ0v) is 14.5. The number of aryl methyl sites for hydroxylation is 1.